The lowest BCUT2D eigenvalue weighted by Gasteiger charge is -2.71. The summed E-state index contributed by atoms with van der Waals surface area (Å²) in [4.78, 5) is 55.0. The number of aliphatic carboxylic acids is 2. The summed E-state index contributed by atoms with van der Waals surface area (Å²) in [5, 5.41) is 174. The van der Waals surface area contributed by atoms with Crippen LogP contribution in [0.1, 0.15) is 120 Å². The van der Waals surface area contributed by atoms with Crippen LogP contribution in [0.5, 0.6) is 0 Å². The van der Waals surface area contributed by atoms with Crippen molar-refractivity contribution >= 4 is 23.9 Å². The van der Waals surface area contributed by atoms with E-state index in [1.165, 1.54) is 20.8 Å². The molecule has 4 saturated carbocycles. The first-order valence-corrected chi connectivity index (χ1v) is 32.2. The Hall–Kier alpha value is -3.30. The molecule has 0 aromatic heterocycles. The highest BCUT2D eigenvalue weighted by Gasteiger charge is 2.73. The van der Waals surface area contributed by atoms with Crippen LogP contribution in [0.2, 0.25) is 0 Å². The number of hydrogen-bond acceptors (Lipinski definition) is 29. The molecule has 0 aromatic carbocycles. The molecule has 0 aromatic rings. The normalized spacial score (nSPS) is 53.0. The summed E-state index contributed by atoms with van der Waals surface area (Å²) in [6.45, 7) is 14.0. The Labute approximate surface area is 536 Å². The lowest BCUT2D eigenvalue weighted by Crippen LogP contribution is -2.70. The number of carbonyl (C=O) groups is 4. The Morgan fingerprint density at radius 3 is 1.61 bits per heavy atom. The molecule has 0 radical (unpaired) electrons. The van der Waals surface area contributed by atoms with Gasteiger partial charge in [-0.05, 0) is 118 Å². The molecule has 10 aliphatic rings. The van der Waals surface area contributed by atoms with Gasteiger partial charge in [-0.2, -0.15) is 0 Å². The van der Waals surface area contributed by atoms with Gasteiger partial charge in [-0.25, -0.2) is 4.79 Å². The van der Waals surface area contributed by atoms with E-state index in [1.807, 2.05) is 6.92 Å². The second-order valence-electron chi connectivity index (χ2n) is 29.6. The van der Waals surface area contributed by atoms with Gasteiger partial charge in [-0.15, -0.1) is 0 Å². The number of fused-ring (bicyclic) bond motifs is 7. The van der Waals surface area contributed by atoms with Crippen LogP contribution in [0.3, 0.4) is 0 Å². The standard InChI is InChI=1S/C62H96O31/c1-22-32(67)44(88-50-39(74)35(70)33(68)28(20-63)86-50)42(77)53(83-22)91-47-46(90-51-40(75)36(71)34(69)29(21-64)87-51)43(85-24(3)65)23(2)84-54(47)93-56(82)62-16-14-57(4,5)18-26(62)25-10-11-30-58(6)19-27(66)48(92-52-41(76)37(72)38(73)45(89-52)49(78)79)61(9,55(80)81)31(58)12-13-60(30,8)59(25,7)15-17-62/h10,22-23,26-48,50-54,63-64,66-77H,11-21H2,1-9H3,(H,78,79)(H,80,81). The van der Waals surface area contributed by atoms with E-state index in [-0.39, 0.29) is 37.0 Å². The zero-order valence-electron chi connectivity index (χ0n) is 53.5. The largest absolute Gasteiger partial charge is 0.481 e. The van der Waals surface area contributed by atoms with E-state index in [9.17, 15) is 96.1 Å². The van der Waals surface area contributed by atoms with E-state index in [4.69, 9.17) is 52.1 Å². The lowest BCUT2D eigenvalue weighted by atomic mass is 9.33. The van der Waals surface area contributed by atoms with Gasteiger partial charge < -0.3 is 134 Å². The third kappa shape index (κ3) is 12.1. The monoisotopic (exact) mass is 1340 g/mol. The number of carboxylic acids is 2. The Morgan fingerprint density at radius 2 is 1.05 bits per heavy atom. The molecule has 31 heteroatoms. The quantitative estimate of drug-likeness (QED) is 0.0431. The van der Waals surface area contributed by atoms with Crippen molar-refractivity contribution in [3.05, 3.63) is 11.6 Å². The molecule has 0 amide bonds. The first-order valence-electron chi connectivity index (χ1n) is 32.2. The second kappa shape index (κ2) is 26.4. The summed E-state index contributed by atoms with van der Waals surface area (Å²) < 4.78 is 66.8. The summed E-state index contributed by atoms with van der Waals surface area (Å²) >= 11 is 0. The third-order valence-electron chi connectivity index (χ3n) is 23.8. The van der Waals surface area contributed by atoms with Crippen LogP contribution in [0, 0.1) is 50.2 Å². The van der Waals surface area contributed by atoms with E-state index in [0.717, 1.165) is 12.5 Å². The maximum atomic E-state index is 16.1. The number of hydrogen-bond donors (Lipinski definition) is 16. The third-order valence-corrected chi connectivity index (χ3v) is 23.8. The Morgan fingerprint density at radius 1 is 0.527 bits per heavy atom. The highest BCUT2D eigenvalue weighted by Crippen LogP contribution is 2.76. The number of aliphatic hydroxyl groups excluding tert-OH is 14. The number of rotatable bonds is 15. The predicted molar refractivity (Wildman–Crippen MR) is 306 cm³/mol. The Kier molecular flexibility index (Phi) is 20.6. The van der Waals surface area contributed by atoms with Gasteiger partial charge in [0, 0.05) is 6.92 Å². The van der Waals surface area contributed by atoms with E-state index < -0.39 is 242 Å². The summed E-state index contributed by atoms with van der Waals surface area (Å²) in [5.74, 6) is -6.22. The zero-order valence-corrected chi connectivity index (χ0v) is 53.5. The Bertz CT molecular complexity index is 2750. The molecule has 31 nitrogen and oxygen atoms in total. The first-order chi connectivity index (χ1) is 43.4. The highest BCUT2D eigenvalue weighted by atomic mass is 16.8. The number of carbonyl (C=O) groups excluding carboxylic acids is 2. The summed E-state index contributed by atoms with van der Waals surface area (Å²) in [6.07, 6.45) is -44.2. The van der Waals surface area contributed by atoms with Crippen LogP contribution in [0.25, 0.3) is 0 Å². The molecule has 35 unspecified atom stereocenters. The molecule has 16 N–H and O–H groups in total. The van der Waals surface area contributed by atoms with Crippen molar-refractivity contribution in [2.24, 2.45) is 50.2 Å². The lowest BCUT2D eigenvalue weighted by molar-refractivity contribution is -0.394. The van der Waals surface area contributed by atoms with Crippen LogP contribution in [0.4, 0.5) is 0 Å². The van der Waals surface area contributed by atoms with Gasteiger partial charge in [-0.1, -0.05) is 46.3 Å². The molecule has 5 aliphatic carbocycles. The van der Waals surface area contributed by atoms with Crippen molar-refractivity contribution in [1.82, 2.24) is 0 Å². The van der Waals surface area contributed by atoms with E-state index in [1.54, 1.807) is 0 Å². The van der Waals surface area contributed by atoms with E-state index >= 15 is 4.79 Å². The van der Waals surface area contributed by atoms with Crippen LogP contribution in [-0.2, 0) is 71.3 Å². The van der Waals surface area contributed by atoms with Crippen LogP contribution >= 0.6 is 0 Å². The topological polar surface area (TPSA) is 493 Å². The molecule has 9 fully saturated rings. The van der Waals surface area contributed by atoms with E-state index in [0.29, 0.717) is 32.1 Å². The van der Waals surface area contributed by atoms with Crippen molar-refractivity contribution in [2.45, 2.75) is 286 Å². The molecule has 93 heavy (non-hydrogen) atoms. The number of ether oxygens (including phenoxy) is 11. The van der Waals surface area contributed by atoms with Crippen molar-refractivity contribution < 1.29 is 153 Å². The second-order valence-corrected chi connectivity index (χ2v) is 29.6. The SMILES string of the molecule is CC(=O)OC1C(C)OC(OC(=O)C23CCC(C)(C)CC2C2=CCC4C5(C)CC(O)C(OC6OC(C(=O)O)C(O)C(O)C6O)C(C)(C(=O)O)C5CCC4(C)C2(C)CC3)C(OC2OC(C)C(O)C(OC3OC(CO)C(O)C(O)C3O)C2O)C1OC1OC(CO)C(O)C(O)C1O. The number of aliphatic hydroxyl groups is 14. The maximum absolute atomic E-state index is 16.1. The van der Waals surface area contributed by atoms with Gasteiger partial charge in [-0.3, -0.25) is 14.4 Å². The van der Waals surface area contributed by atoms with Crippen LogP contribution in [0.15, 0.2) is 11.6 Å². The highest BCUT2D eigenvalue weighted by molar-refractivity contribution is 5.79. The van der Waals surface area contributed by atoms with Crippen LogP contribution in [-0.4, -0.2) is 285 Å². The van der Waals surface area contributed by atoms with Crippen molar-refractivity contribution in [1.29, 1.82) is 0 Å². The molecule has 5 saturated heterocycles. The average molecular weight is 1340 g/mol. The van der Waals surface area contributed by atoms with Crippen molar-refractivity contribution in [3.8, 4) is 0 Å². The first kappa shape index (κ1) is 72.4. The maximum Gasteiger partial charge on any atom is 0.335 e. The zero-order chi connectivity index (χ0) is 68.5. The summed E-state index contributed by atoms with van der Waals surface area (Å²) in [7, 11) is 0. The molecular weight excluding hydrogens is 1240 g/mol. The fourth-order valence-corrected chi connectivity index (χ4v) is 18.3. The van der Waals surface area contributed by atoms with Crippen LogP contribution < -0.4 is 0 Å². The smallest absolute Gasteiger partial charge is 0.335 e. The minimum absolute atomic E-state index is 0.00933. The fourth-order valence-electron chi connectivity index (χ4n) is 18.3. The van der Waals surface area contributed by atoms with Gasteiger partial charge in [0.1, 0.15) is 97.7 Å². The molecule has 530 valence electrons. The molecule has 35 atom stereocenters. The molecule has 5 aliphatic heterocycles. The predicted octanol–water partition coefficient (Wildman–Crippen LogP) is -3.46. The van der Waals surface area contributed by atoms with Gasteiger partial charge in [0.25, 0.3) is 0 Å². The number of carboxylic acid groups (broad SMARTS) is 2. The molecule has 5 heterocycles. The number of allylic oxidation sites excluding steroid dienone is 2. The van der Waals surface area contributed by atoms with E-state index in [2.05, 4.69) is 33.8 Å². The summed E-state index contributed by atoms with van der Waals surface area (Å²) in [5.41, 5.74) is -4.87. The molecule has 0 bridgehead atoms. The molecule has 0 spiro atoms. The van der Waals surface area contributed by atoms with Gasteiger partial charge in [0.15, 0.2) is 43.5 Å². The Balaban J connectivity index is 0.986. The molecular formula is C62H96O31. The fraction of sp³-hybridized carbons (Fsp3) is 0.903. The van der Waals surface area contributed by atoms with Gasteiger partial charge in [0.2, 0.25) is 6.29 Å². The van der Waals surface area contributed by atoms with Crippen molar-refractivity contribution in [2.75, 3.05) is 13.2 Å². The summed E-state index contributed by atoms with van der Waals surface area (Å²) in [6, 6.07) is 0. The number of esters is 2. The van der Waals surface area contributed by atoms with Gasteiger partial charge in [0.05, 0.1) is 42.4 Å². The minimum atomic E-state index is -2.12. The van der Waals surface area contributed by atoms with Crippen molar-refractivity contribution in [3.63, 3.8) is 0 Å². The van der Waals surface area contributed by atoms with Gasteiger partial charge >= 0.3 is 23.9 Å². The average Bonchev–Trinajstić information content (AvgIpc) is 0.673. The molecule has 10 rings (SSSR count). The minimum Gasteiger partial charge on any atom is -0.481 e.